The maximum atomic E-state index is 5.82. The number of morpholine rings is 1. The van der Waals surface area contributed by atoms with E-state index in [-0.39, 0.29) is 0 Å². The molecule has 0 aromatic heterocycles. The van der Waals surface area contributed by atoms with Crippen molar-refractivity contribution in [2.75, 3.05) is 39.5 Å². The van der Waals surface area contributed by atoms with Gasteiger partial charge in [0.15, 0.2) is 0 Å². The van der Waals surface area contributed by atoms with Crippen LogP contribution in [0.1, 0.15) is 27.2 Å². The monoisotopic (exact) mass is 227 g/mol. The molecule has 1 saturated carbocycles. The molecule has 94 valence electrons. The van der Waals surface area contributed by atoms with Gasteiger partial charge in [0.05, 0.1) is 25.9 Å². The molecule has 0 N–H and O–H groups in total. The molecule has 2 unspecified atom stereocenters. The van der Waals surface area contributed by atoms with E-state index < -0.39 is 0 Å². The fraction of sp³-hybridized carbons (Fsp3) is 1.00. The molecule has 16 heavy (non-hydrogen) atoms. The van der Waals surface area contributed by atoms with Gasteiger partial charge >= 0.3 is 0 Å². The van der Waals surface area contributed by atoms with Crippen LogP contribution in [0.5, 0.6) is 0 Å². The second-order valence-electron chi connectivity index (χ2n) is 5.72. The lowest BCUT2D eigenvalue weighted by atomic mass is 10.0. The summed E-state index contributed by atoms with van der Waals surface area (Å²) in [5.74, 6) is 0.828. The van der Waals surface area contributed by atoms with Gasteiger partial charge in [-0.3, -0.25) is 4.90 Å². The number of nitrogens with zero attached hydrogens (tertiary/aromatic N) is 1. The third-order valence-electron chi connectivity index (χ3n) is 3.94. The highest BCUT2D eigenvalue weighted by molar-refractivity contribution is 5.02. The molecule has 2 aliphatic rings. The Morgan fingerprint density at radius 3 is 2.50 bits per heavy atom. The Morgan fingerprint density at radius 1 is 1.38 bits per heavy atom. The van der Waals surface area contributed by atoms with Gasteiger partial charge in [-0.2, -0.15) is 0 Å². The SMILES string of the molecule is CC(C)OCC1(CN2CCOCC2)CC1C. The summed E-state index contributed by atoms with van der Waals surface area (Å²) >= 11 is 0. The number of hydrogen-bond donors (Lipinski definition) is 0. The Morgan fingerprint density at radius 2 is 2.00 bits per heavy atom. The van der Waals surface area contributed by atoms with Gasteiger partial charge in [-0.15, -0.1) is 0 Å². The Labute approximate surface area is 99.1 Å². The predicted molar refractivity (Wildman–Crippen MR) is 64.6 cm³/mol. The molecule has 0 bridgehead atoms. The first kappa shape index (κ1) is 12.3. The molecule has 2 atom stereocenters. The van der Waals surface area contributed by atoms with Gasteiger partial charge < -0.3 is 9.47 Å². The van der Waals surface area contributed by atoms with Crippen LogP contribution in [0.4, 0.5) is 0 Å². The molecule has 0 aromatic rings. The van der Waals surface area contributed by atoms with E-state index in [2.05, 4.69) is 25.7 Å². The standard InChI is InChI=1S/C13H25NO2/c1-11(2)16-10-13(8-12(13)3)9-14-4-6-15-7-5-14/h11-12H,4-10H2,1-3H3. The van der Waals surface area contributed by atoms with Gasteiger partial charge in [-0.05, 0) is 26.2 Å². The van der Waals surface area contributed by atoms with Crippen molar-refractivity contribution in [3.63, 3.8) is 0 Å². The molecule has 1 heterocycles. The van der Waals surface area contributed by atoms with Crippen molar-refractivity contribution in [3.8, 4) is 0 Å². The molecule has 2 rings (SSSR count). The lowest BCUT2D eigenvalue weighted by Gasteiger charge is -2.31. The zero-order chi connectivity index (χ0) is 11.6. The summed E-state index contributed by atoms with van der Waals surface area (Å²) in [6, 6.07) is 0. The molecule has 1 aliphatic carbocycles. The maximum Gasteiger partial charge on any atom is 0.0594 e. The van der Waals surface area contributed by atoms with E-state index in [0.29, 0.717) is 11.5 Å². The lowest BCUT2D eigenvalue weighted by molar-refractivity contribution is -0.00295. The van der Waals surface area contributed by atoms with E-state index >= 15 is 0 Å². The van der Waals surface area contributed by atoms with Crippen molar-refractivity contribution >= 4 is 0 Å². The van der Waals surface area contributed by atoms with Crippen molar-refractivity contribution in [3.05, 3.63) is 0 Å². The highest BCUT2D eigenvalue weighted by atomic mass is 16.5. The van der Waals surface area contributed by atoms with E-state index in [1.165, 1.54) is 13.0 Å². The minimum Gasteiger partial charge on any atom is -0.379 e. The molecule has 1 aliphatic heterocycles. The largest absolute Gasteiger partial charge is 0.379 e. The predicted octanol–water partition coefficient (Wildman–Crippen LogP) is 1.77. The number of rotatable bonds is 5. The van der Waals surface area contributed by atoms with Gasteiger partial charge in [0.25, 0.3) is 0 Å². The Kier molecular flexibility index (Phi) is 3.88. The first-order valence-electron chi connectivity index (χ1n) is 6.54. The van der Waals surface area contributed by atoms with Gasteiger partial charge in [0.2, 0.25) is 0 Å². The Bertz CT molecular complexity index is 226. The van der Waals surface area contributed by atoms with Crippen molar-refractivity contribution in [1.82, 2.24) is 4.90 Å². The van der Waals surface area contributed by atoms with E-state index in [0.717, 1.165) is 38.8 Å². The number of hydrogen-bond acceptors (Lipinski definition) is 3. The molecule has 3 heteroatoms. The highest BCUT2D eigenvalue weighted by Gasteiger charge is 2.52. The summed E-state index contributed by atoms with van der Waals surface area (Å²) in [7, 11) is 0. The van der Waals surface area contributed by atoms with E-state index in [4.69, 9.17) is 9.47 Å². The first-order valence-corrected chi connectivity index (χ1v) is 6.54. The van der Waals surface area contributed by atoms with Crippen molar-refractivity contribution in [2.24, 2.45) is 11.3 Å². The summed E-state index contributed by atoms with van der Waals surface area (Å²) < 4.78 is 11.2. The summed E-state index contributed by atoms with van der Waals surface area (Å²) in [6.07, 6.45) is 1.69. The molecule has 1 saturated heterocycles. The fourth-order valence-corrected chi connectivity index (χ4v) is 2.56. The fourth-order valence-electron chi connectivity index (χ4n) is 2.56. The molecule has 0 amide bonds. The average Bonchev–Trinajstić information content (AvgIpc) is 2.88. The molecular weight excluding hydrogens is 202 g/mol. The third-order valence-corrected chi connectivity index (χ3v) is 3.94. The van der Waals surface area contributed by atoms with Crippen molar-refractivity contribution in [1.29, 1.82) is 0 Å². The van der Waals surface area contributed by atoms with E-state index in [1.54, 1.807) is 0 Å². The summed E-state index contributed by atoms with van der Waals surface area (Å²) in [4.78, 5) is 2.54. The van der Waals surface area contributed by atoms with Gasteiger partial charge in [-0.1, -0.05) is 6.92 Å². The smallest absolute Gasteiger partial charge is 0.0594 e. The van der Waals surface area contributed by atoms with Gasteiger partial charge in [-0.25, -0.2) is 0 Å². The van der Waals surface area contributed by atoms with Crippen LogP contribution in [0, 0.1) is 11.3 Å². The molecule has 0 aromatic carbocycles. The van der Waals surface area contributed by atoms with Crippen LogP contribution < -0.4 is 0 Å². The molecule has 0 spiro atoms. The van der Waals surface area contributed by atoms with Crippen molar-refractivity contribution < 1.29 is 9.47 Å². The second kappa shape index (κ2) is 5.03. The molecule has 0 radical (unpaired) electrons. The summed E-state index contributed by atoms with van der Waals surface area (Å²) in [5, 5.41) is 0. The van der Waals surface area contributed by atoms with E-state index in [1.807, 2.05) is 0 Å². The zero-order valence-electron chi connectivity index (χ0n) is 10.9. The maximum absolute atomic E-state index is 5.82. The second-order valence-corrected chi connectivity index (χ2v) is 5.72. The molecular formula is C13H25NO2. The topological polar surface area (TPSA) is 21.7 Å². The van der Waals surface area contributed by atoms with Crippen LogP contribution in [0.2, 0.25) is 0 Å². The summed E-state index contributed by atoms with van der Waals surface area (Å²) in [5.41, 5.74) is 0.446. The zero-order valence-corrected chi connectivity index (χ0v) is 10.9. The van der Waals surface area contributed by atoms with Crippen LogP contribution >= 0.6 is 0 Å². The first-order chi connectivity index (χ1) is 7.62. The molecule has 2 fully saturated rings. The Balaban J connectivity index is 1.80. The van der Waals surface area contributed by atoms with Crippen LogP contribution in [0.3, 0.4) is 0 Å². The normalized spacial score (nSPS) is 35.6. The van der Waals surface area contributed by atoms with Crippen LogP contribution in [0.25, 0.3) is 0 Å². The molecule has 3 nitrogen and oxygen atoms in total. The minimum absolute atomic E-state index is 0.356. The number of ether oxygens (including phenoxy) is 2. The quantitative estimate of drug-likeness (QED) is 0.714. The average molecular weight is 227 g/mol. The summed E-state index contributed by atoms with van der Waals surface area (Å²) in [6.45, 7) is 12.7. The third kappa shape index (κ3) is 2.96. The van der Waals surface area contributed by atoms with Crippen LogP contribution in [-0.2, 0) is 9.47 Å². The van der Waals surface area contributed by atoms with Crippen LogP contribution in [-0.4, -0.2) is 50.5 Å². The van der Waals surface area contributed by atoms with Gasteiger partial charge in [0, 0.05) is 25.0 Å². The lowest BCUT2D eigenvalue weighted by Crippen LogP contribution is -2.41. The minimum atomic E-state index is 0.356. The highest BCUT2D eigenvalue weighted by Crippen LogP contribution is 2.53. The van der Waals surface area contributed by atoms with Crippen LogP contribution in [0.15, 0.2) is 0 Å². The Hall–Kier alpha value is -0.120. The van der Waals surface area contributed by atoms with Gasteiger partial charge in [0.1, 0.15) is 0 Å². The van der Waals surface area contributed by atoms with E-state index in [9.17, 15) is 0 Å². The van der Waals surface area contributed by atoms with Crippen molar-refractivity contribution in [2.45, 2.75) is 33.3 Å².